The zero-order chi connectivity index (χ0) is 13.7. The SMILES string of the molecule is CCCCc1ccc(Cc2ccccc2O)c(C)c1. The van der Waals surface area contributed by atoms with E-state index in [1.807, 2.05) is 18.2 Å². The number of benzene rings is 2. The fourth-order valence-corrected chi connectivity index (χ4v) is 2.36. The van der Waals surface area contributed by atoms with Crippen LogP contribution in [0.1, 0.15) is 42.0 Å². The van der Waals surface area contributed by atoms with Gasteiger partial charge in [-0.3, -0.25) is 0 Å². The van der Waals surface area contributed by atoms with Gasteiger partial charge in [0.2, 0.25) is 0 Å². The van der Waals surface area contributed by atoms with Crippen molar-refractivity contribution < 1.29 is 5.11 Å². The van der Waals surface area contributed by atoms with Crippen LogP contribution in [0, 0.1) is 6.92 Å². The van der Waals surface area contributed by atoms with Gasteiger partial charge in [0, 0.05) is 6.42 Å². The van der Waals surface area contributed by atoms with Crippen LogP contribution >= 0.6 is 0 Å². The van der Waals surface area contributed by atoms with E-state index in [2.05, 4.69) is 32.0 Å². The summed E-state index contributed by atoms with van der Waals surface area (Å²) in [5.74, 6) is 0.386. The van der Waals surface area contributed by atoms with E-state index in [0.29, 0.717) is 5.75 Å². The molecule has 0 saturated heterocycles. The number of para-hydroxylation sites is 1. The fourth-order valence-electron chi connectivity index (χ4n) is 2.36. The lowest BCUT2D eigenvalue weighted by atomic mass is 9.96. The van der Waals surface area contributed by atoms with Crippen molar-refractivity contribution in [3.05, 3.63) is 64.7 Å². The van der Waals surface area contributed by atoms with Crippen molar-refractivity contribution in [2.75, 3.05) is 0 Å². The summed E-state index contributed by atoms with van der Waals surface area (Å²) in [5.41, 5.74) is 5.02. The average Bonchev–Trinajstić information content (AvgIpc) is 2.41. The Kier molecular flexibility index (Phi) is 4.62. The average molecular weight is 254 g/mol. The van der Waals surface area contributed by atoms with Crippen molar-refractivity contribution in [2.45, 2.75) is 39.5 Å². The quantitative estimate of drug-likeness (QED) is 0.824. The lowest BCUT2D eigenvalue weighted by Gasteiger charge is -2.10. The minimum absolute atomic E-state index is 0.386. The van der Waals surface area contributed by atoms with E-state index < -0.39 is 0 Å². The summed E-state index contributed by atoms with van der Waals surface area (Å²) in [7, 11) is 0. The number of hydrogen-bond donors (Lipinski definition) is 1. The van der Waals surface area contributed by atoms with E-state index in [4.69, 9.17) is 0 Å². The van der Waals surface area contributed by atoms with E-state index in [-0.39, 0.29) is 0 Å². The third kappa shape index (κ3) is 3.60. The normalized spacial score (nSPS) is 10.6. The maximum Gasteiger partial charge on any atom is 0.119 e. The molecule has 1 N–H and O–H groups in total. The standard InChI is InChI=1S/C18H22O/c1-3-4-7-15-10-11-16(14(2)12-15)13-17-8-5-6-9-18(17)19/h5-6,8-12,19H,3-4,7,13H2,1-2H3. The van der Waals surface area contributed by atoms with E-state index >= 15 is 0 Å². The van der Waals surface area contributed by atoms with Crippen LogP contribution < -0.4 is 0 Å². The van der Waals surface area contributed by atoms with Gasteiger partial charge in [0.15, 0.2) is 0 Å². The molecule has 0 atom stereocenters. The molecule has 0 aliphatic rings. The molecule has 0 aliphatic heterocycles. The highest BCUT2D eigenvalue weighted by Gasteiger charge is 2.05. The largest absolute Gasteiger partial charge is 0.508 e. The van der Waals surface area contributed by atoms with E-state index in [1.54, 1.807) is 6.07 Å². The van der Waals surface area contributed by atoms with Crippen LogP contribution in [0.3, 0.4) is 0 Å². The van der Waals surface area contributed by atoms with Crippen LogP contribution in [-0.4, -0.2) is 5.11 Å². The van der Waals surface area contributed by atoms with Gasteiger partial charge in [0.05, 0.1) is 0 Å². The zero-order valence-corrected chi connectivity index (χ0v) is 11.8. The molecule has 0 aliphatic carbocycles. The highest BCUT2D eigenvalue weighted by molar-refractivity contribution is 5.40. The van der Waals surface area contributed by atoms with Gasteiger partial charge in [-0.1, -0.05) is 49.7 Å². The molecule has 1 nitrogen and oxygen atoms in total. The summed E-state index contributed by atoms with van der Waals surface area (Å²) < 4.78 is 0. The first kappa shape index (κ1) is 13.7. The van der Waals surface area contributed by atoms with Gasteiger partial charge in [-0.2, -0.15) is 0 Å². The molecule has 2 rings (SSSR count). The van der Waals surface area contributed by atoms with Crippen LogP contribution in [0.2, 0.25) is 0 Å². The van der Waals surface area contributed by atoms with Crippen LogP contribution in [0.15, 0.2) is 42.5 Å². The molecule has 0 unspecified atom stereocenters. The van der Waals surface area contributed by atoms with Crippen LogP contribution in [0.25, 0.3) is 0 Å². The van der Waals surface area contributed by atoms with Gasteiger partial charge in [-0.05, 0) is 48.1 Å². The molecule has 0 bridgehead atoms. The number of unbranched alkanes of at least 4 members (excludes halogenated alkanes) is 1. The summed E-state index contributed by atoms with van der Waals surface area (Å²) in [6.45, 7) is 4.38. The number of phenolic OH excluding ortho intramolecular Hbond substituents is 1. The van der Waals surface area contributed by atoms with Crippen LogP contribution in [-0.2, 0) is 12.8 Å². The third-order valence-corrected chi connectivity index (χ3v) is 3.60. The molecular weight excluding hydrogens is 232 g/mol. The lowest BCUT2D eigenvalue weighted by Crippen LogP contribution is -1.94. The Morgan fingerprint density at radius 2 is 1.79 bits per heavy atom. The fraction of sp³-hybridized carbons (Fsp3) is 0.333. The third-order valence-electron chi connectivity index (χ3n) is 3.60. The van der Waals surface area contributed by atoms with Gasteiger partial charge in [-0.25, -0.2) is 0 Å². The Morgan fingerprint density at radius 3 is 2.47 bits per heavy atom. The van der Waals surface area contributed by atoms with Crippen molar-refractivity contribution >= 4 is 0 Å². The first-order valence-corrected chi connectivity index (χ1v) is 7.06. The zero-order valence-electron chi connectivity index (χ0n) is 11.8. The second kappa shape index (κ2) is 6.42. The molecule has 0 radical (unpaired) electrons. The number of phenols is 1. The van der Waals surface area contributed by atoms with Gasteiger partial charge in [0.25, 0.3) is 0 Å². The molecule has 0 amide bonds. The van der Waals surface area contributed by atoms with Crippen molar-refractivity contribution in [2.24, 2.45) is 0 Å². The summed E-state index contributed by atoms with van der Waals surface area (Å²) in [4.78, 5) is 0. The molecule has 2 aromatic carbocycles. The van der Waals surface area contributed by atoms with Crippen LogP contribution in [0.4, 0.5) is 0 Å². The Balaban J connectivity index is 2.15. The van der Waals surface area contributed by atoms with Gasteiger partial charge < -0.3 is 5.11 Å². The molecule has 0 saturated carbocycles. The van der Waals surface area contributed by atoms with Gasteiger partial charge >= 0.3 is 0 Å². The van der Waals surface area contributed by atoms with Crippen LogP contribution in [0.5, 0.6) is 5.75 Å². The second-order valence-corrected chi connectivity index (χ2v) is 5.17. The smallest absolute Gasteiger partial charge is 0.119 e. The second-order valence-electron chi connectivity index (χ2n) is 5.17. The summed E-state index contributed by atoms with van der Waals surface area (Å²) in [6, 6.07) is 14.3. The Bertz CT molecular complexity index is 543. The summed E-state index contributed by atoms with van der Waals surface area (Å²) >= 11 is 0. The van der Waals surface area contributed by atoms with E-state index in [1.165, 1.54) is 29.5 Å². The molecule has 2 aromatic rings. The van der Waals surface area contributed by atoms with Crippen molar-refractivity contribution in [3.63, 3.8) is 0 Å². The highest BCUT2D eigenvalue weighted by atomic mass is 16.3. The summed E-state index contributed by atoms with van der Waals surface area (Å²) in [5, 5.41) is 9.83. The minimum Gasteiger partial charge on any atom is -0.508 e. The Hall–Kier alpha value is -1.76. The Morgan fingerprint density at radius 1 is 1.00 bits per heavy atom. The lowest BCUT2D eigenvalue weighted by molar-refractivity contribution is 0.469. The number of aromatic hydroxyl groups is 1. The maximum atomic E-state index is 9.83. The number of aryl methyl sites for hydroxylation is 2. The minimum atomic E-state index is 0.386. The molecule has 0 fully saturated rings. The van der Waals surface area contributed by atoms with Gasteiger partial charge in [0.1, 0.15) is 5.75 Å². The monoisotopic (exact) mass is 254 g/mol. The summed E-state index contributed by atoms with van der Waals surface area (Å²) in [6.07, 6.45) is 4.44. The van der Waals surface area contributed by atoms with Crippen molar-refractivity contribution in [1.29, 1.82) is 0 Å². The van der Waals surface area contributed by atoms with Crippen molar-refractivity contribution in [1.82, 2.24) is 0 Å². The van der Waals surface area contributed by atoms with E-state index in [0.717, 1.165) is 18.4 Å². The topological polar surface area (TPSA) is 20.2 Å². The molecule has 0 aromatic heterocycles. The number of rotatable bonds is 5. The first-order valence-electron chi connectivity index (χ1n) is 7.06. The molecule has 0 spiro atoms. The molecule has 100 valence electrons. The predicted octanol–water partition coefficient (Wildman–Crippen LogP) is 4.63. The van der Waals surface area contributed by atoms with Gasteiger partial charge in [-0.15, -0.1) is 0 Å². The van der Waals surface area contributed by atoms with Crippen molar-refractivity contribution in [3.8, 4) is 5.75 Å². The highest BCUT2D eigenvalue weighted by Crippen LogP contribution is 2.22. The maximum absolute atomic E-state index is 9.83. The van der Waals surface area contributed by atoms with E-state index in [9.17, 15) is 5.11 Å². The first-order chi connectivity index (χ1) is 9.20. The predicted molar refractivity (Wildman–Crippen MR) is 80.7 cm³/mol. The Labute approximate surface area is 115 Å². The molecule has 19 heavy (non-hydrogen) atoms. The molecular formula is C18H22O. The molecule has 0 heterocycles. The molecule has 1 heteroatoms. The number of hydrogen-bond acceptors (Lipinski definition) is 1.